The maximum atomic E-state index is 11.1. The van der Waals surface area contributed by atoms with E-state index in [1.807, 2.05) is 0 Å². The Labute approximate surface area is 259 Å². The van der Waals surface area contributed by atoms with Crippen molar-refractivity contribution in [2.24, 2.45) is 21.7 Å². The van der Waals surface area contributed by atoms with Crippen LogP contribution in [0.25, 0.3) is 5.57 Å². The van der Waals surface area contributed by atoms with E-state index in [0.29, 0.717) is 0 Å². The topological polar surface area (TPSA) is 20.9 Å². The van der Waals surface area contributed by atoms with Gasteiger partial charge in [0.1, 0.15) is 6.54 Å². The Balaban J connectivity index is 1.52. The fourth-order valence-corrected chi connectivity index (χ4v) is 7.64. The van der Waals surface area contributed by atoms with Gasteiger partial charge >= 0.3 is 0 Å². The number of carbonyl (C=O) groups is 1. The number of rotatable bonds is 8. The quantitative estimate of drug-likeness (QED) is 0.225. The van der Waals surface area contributed by atoms with Crippen LogP contribution in [0.15, 0.2) is 100 Å². The average Bonchev–Trinajstić information content (AvgIpc) is 2.90. The van der Waals surface area contributed by atoms with Crippen LogP contribution in [0.4, 0.5) is 0 Å². The summed E-state index contributed by atoms with van der Waals surface area (Å²) in [6, 6.07) is 4.65. The van der Waals surface area contributed by atoms with Crippen molar-refractivity contribution in [3.63, 3.8) is 0 Å². The van der Waals surface area contributed by atoms with E-state index in [0.717, 1.165) is 25.1 Å². The van der Waals surface area contributed by atoms with Crippen molar-refractivity contribution < 1.29 is 9.36 Å². The summed E-state index contributed by atoms with van der Waals surface area (Å²) in [4.78, 5) is 11.1. The van der Waals surface area contributed by atoms with Crippen LogP contribution >= 0.6 is 11.8 Å². The molecule has 0 unspecified atom stereocenters. The van der Waals surface area contributed by atoms with E-state index in [1.165, 1.54) is 69.2 Å². The largest absolute Gasteiger partial charge is 0.288 e. The maximum Gasteiger partial charge on any atom is 0.185 e. The minimum absolute atomic E-state index is 0.0671. The van der Waals surface area contributed by atoms with Gasteiger partial charge in [-0.2, -0.15) is 0 Å². The molecule has 0 saturated carbocycles. The third kappa shape index (κ3) is 5.43. The summed E-state index contributed by atoms with van der Waals surface area (Å²) in [5.41, 5.74) is 11.1. The molecule has 0 radical (unpaired) electrons. The molecule has 5 rings (SSSR count). The van der Waals surface area contributed by atoms with Crippen LogP contribution in [0.3, 0.4) is 0 Å². The lowest BCUT2D eigenvalue weighted by atomic mass is 9.44. The summed E-state index contributed by atoms with van der Waals surface area (Å²) in [5.74, 6) is 0.948. The Hall–Kier alpha value is -2.65. The Morgan fingerprint density at radius 2 is 1.31 bits per heavy atom. The Bertz CT molecular complexity index is 1490. The first-order valence-electron chi connectivity index (χ1n) is 15.8. The molecule has 0 saturated heterocycles. The van der Waals surface area contributed by atoms with Gasteiger partial charge in [0.2, 0.25) is 0 Å². The molecule has 1 heterocycles. The van der Waals surface area contributed by atoms with Gasteiger partial charge in [0.05, 0.1) is 0 Å². The molecule has 2 nitrogen and oxygen atoms in total. The molecule has 4 aliphatic carbocycles. The number of carbonyl (C=O) groups excluding carboxylic acids is 1. The van der Waals surface area contributed by atoms with Gasteiger partial charge in [-0.25, -0.2) is 4.57 Å². The molecular formula is C39H50NOS+. The van der Waals surface area contributed by atoms with Crippen molar-refractivity contribution in [1.82, 2.24) is 0 Å². The molecule has 3 heteroatoms. The van der Waals surface area contributed by atoms with E-state index in [2.05, 4.69) is 127 Å². The summed E-state index contributed by atoms with van der Waals surface area (Å²) in [5, 5.41) is 0.227. The van der Waals surface area contributed by atoms with Gasteiger partial charge in [0.25, 0.3) is 0 Å². The zero-order valence-corrected chi connectivity index (χ0v) is 28.2. The first kappa shape index (κ1) is 30.8. The predicted molar refractivity (Wildman–Crippen MR) is 180 cm³/mol. The second-order valence-corrected chi connectivity index (χ2v) is 16.3. The molecule has 1 aromatic heterocycles. The second kappa shape index (κ2) is 11.1. The van der Waals surface area contributed by atoms with Crippen molar-refractivity contribution in [2.75, 3.05) is 5.75 Å². The minimum atomic E-state index is -0.145. The number of allylic oxidation sites excluding steroid dienone is 14. The SMILES string of the molecule is CC(=O)SCCCCCC[n+]1ccc(C2=C3C=C(C(C)(C)C)C=C4C=CC5=CC(C(C)(C)C)=CC(=C2)[C@@]5(C)[C@@]43C)cc1. The number of pyridine rings is 1. The summed E-state index contributed by atoms with van der Waals surface area (Å²) in [6.07, 6.45) is 26.4. The van der Waals surface area contributed by atoms with E-state index in [4.69, 9.17) is 0 Å². The van der Waals surface area contributed by atoms with Crippen LogP contribution < -0.4 is 4.57 Å². The molecule has 2 atom stereocenters. The number of nitrogens with zero attached hydrogens (tertiary/aromatic N) is 1. The fourth-order valence-electron chi connectivity index (χ4n) is 7.01. The van der Waals surface area contributed by atoms with E-state index in [9.17, 15) is 4.79 Å². The molecule has 0 spiro atoms. The molecule has 0 fully saturated rings. The number of thioether (sulfide) groups is 1. The third-order valence-corrected chi connectivity index (χ3v) is 11.0. The summed E-state index contributed by atoms with van der Waals surface area (Å²) in [7, 11) is 0. The first-order valence-corrected chi connectivity index (χ1v) is 16.8. The van der Waals surface area contributed by atoms with Crippen LogP contribution in [0.2, 0.25) is 0 Å². The Morgan fingerprint density at radius 1 is 0.738 bits per heavy atom. The van der Waals surface area contributed by atoms with Crippen molar-refractivity contribution in [3.8, 4) is 0 Å². The van der Waals surface area contributed by atoms with Crippen molar-refractivity contribution >= 4 is 22.5 Å². The second-order valence-electron chi connectivity index (χ2n) is 15.0. The lowest BCUT2D eigenvalue weighted by molar-refractivity contribution is -0.697. The molecule has 4 aliphatic rings. The Kier molecular flexibility index (Phi) is 8.16. The van der Waals surface area contributed by atoms with Crippen LogP contribution in [-0.4, -0.2) is 10.9 Å². The summed E-state index contributed by atoms with van der Waals surface area (Å²) >= 11 is 1.45. The van der Waals surface area contributed by atoms with Crippen molar-refractivity contribution in [2.45, 2.75) is 94.5 Å². The predicted octanol–water partition coefficient (Wildman–Crippen LogP) is 9.92. The van der Waals surface area contributed by atoms with Gasteiger partial charge in [-0.3, -0.25) is 4.79 Å². The highest BCUT2D eigenvalue weighted by Crippen LogP contribution is 2.68. The van der Waals surface area contributed by atoms with Gasteiger partial charge in [-0.05, 0) is 74.3 Å². The van der Waals surface area contributed by atoms with Crippen LogP contribution in [0.5, 0.6) is 0 Å². The van der Waals surface area contributed by atoms with Crippen LogP contribution in [0, 0.1) is 21.7 Å². The smallest absolute Gasteiger partial charge is 0.185 e. The Morgan fingerprint density at radius 3 is 1.90 bits per heavy atom. The average molecular weight is 581 g/mol. The van der Waals surface area contributed by atoms with Crippen LogP contribution in [-0.2, 0) is 11.3 Å². The summed E-state index contributed by atoms with van der Waals surface area (Å²) in [6.45, 7) is 21.6. The van der Waals surface area contributed by atoms with E-state index in [1.54, 1.807) is 6.92 Å². The lowest BCUT2D eigenvalue weighted by Crippen LogP contribution is -2.48. The lowest BCUT2D eigenvalue weighted by Gasteiger charge is -2.58. The molecular weight excluding hydrogens is 531 g/mol. The van der Waals surface area contributed by atoms with Crippen LogP contribution in [0.1, 0.15) is 93.6 Å². The number of hydrogen-bond acceptors (Lipinski definition) is 2. The molecule has 0 aromatic carbocycles. The van der Waals surface area contributed by atoms with Crippen molar-refractivity contribution in [1.29, 1.82) is 0 Å². The molecule has 0 N–H and O–H groups in total. The molecule has 0 aliphatic heterocycles. The minimum Gasteiger partial charge on any atom is -0.288 e. The molecule has 42 heavy (non-hydrogen) atoms. The van der Waals surface area contributed by atoms with Gasteiger partial charge in [0.15, 0.2) is 17.5 Å². The zero-order valence-electron chi connectivity index (χ0n) is 27.4. The molecule has 1 aromatic rings. The number of unbranched alkanes of at least 4 members (excludes halogenated alkanes) is 3. The zero-order chi connectivity index (χ0) is 30.5. The third-order valence-electron chi connectivity index (χ3n) is 10.1. The molecule has 0 amide bonds. The number of aryl methyl sites for hydroxylation is 1. The molecule has 0 bridgehead atoms. The summed E-state index contributed by atoms with van der Waals surface area (Å²) < 4.78 is 2.33. The fraction of sp³-hybridized carbons (Fsp3) is 0.487. The van der Waals surface area contributed by atoms with E-state index < -0.39 is 0 Å². The molecule has 222 valence electrons. The number of aromatic nitrogens is 1. The first-order chi connectivity index (χ1) is 19.7. The van der Waals surface area contributed by atoms with Crippen molar-refractivity contribution in [3.05, 3.63) is 106 Å². The van der Waals surface area contributed by atoms with E-state index in [-0.39, 0.29) is 26.8 Å². The van der Waals surface area contributed by atoms with E-state index >= 15 is 0 Å². The van der Waals surface area contributed by atoms with Gasteiger partial charge < -0.3 is 0 Å². The maximum absolute atomic E-state index is 11.1. The van der Waals surface area contributed by atoms with Gasteiger partial charge in [-0.1, -0.05) is 110 Å². The normalized spacial score (nSPS) is 24.8. The number of hydrogen-bond donors (Lipinski definition) is 0. The standard InChI is InChI=1S/C39H50NOS/c1-27(41)42-21-13-11-10-12-18-40-19-16-28(17-20-40)34-25-33-24-31(36(2,3)4)22-29-14-15-30-23-32(37(5,6)7)26-35(34)39(30,9)38(29,33)8/h14-17,19-20,22-26H,10-13,18,21H2,1-9H3/q+1/t38-,39-/m0/s1. The highest BCUT2D eigenvalue weighted by Gasteiger charge is 2.58. The monoisotopic (exact) mass is 580 g/mol. The highest BCUT2D eigenvalue weighted by molar-refractivity contribution is 8.13. The van der Waals surface area contributed by atoms with Gasteiger partial charge in [-0.15, -0.1) is 0 Å². The highest BCUT2D eigenvalue weighted by atomic mass is 32.2. The van der Waals surface area contributed by atoms with Gasteiger partial charge in [0, 0.05) is 42.1 Å².